The Hall–Kier alpha value is -0.530. The second kappa shape index (κ2) is 5.70. The lowest BCUT2D eigenvalue weighted by Crippen LogP contribution is -2.36. The van der Waals surface area contributed by atoms with Crippen LogP contribution in [-0.4, -0.2) is 17.5 Å². The Morgan fingerprint density at radius 2 is 2.12 bits per heavy atom. The Kier molecular flexibility index (Phi) is 4.82. The van der Waals surface area contributed by atoms with Crippen LogP contribution in [0.15, 0.2) is 4.99 Å². The average Bonchev–Trinajstić information content (AvgIpc) is 2.14. The van der Waals surface area contributed by atoms with E-state index in [1.807, 2.05) is 0 Å². The molecule has 0 saturated carbocycles. The summed E-state index contributed by atoms with van der Waals surface area (Å²) in [6, 6.07) is 0. The summed E-state index contributed by atoms with van der Waals surface area (Å²) in [5.74, 6) is 1.47. The molecule has 0 radical (unpaired) electrons. The maximum atomic E-state index is 5.86. The van der Waals surface area contributed by atoms with Gasteiger partial charge in [0, 0.05) is 12.3 Å². The number of aliphatic imine (C=N–C) groups is 1. The van der Waals surface area contributed by atoms with Gasteiger partial charge in [0.25, 0.3) is 0 Å². The zero-order valence-corrected chi connectivity index (χ0v) is 11.5. The normalized spacial score (nSPS) is 25.8. The number of hydrogen-bond donors (Lipinski definition) is 0. The minimum absolute atomic E-state index is 0.0615. The van der Waals surface area contributed by atoms with Gasteiger partial charge in [-0.1, -0.05) is 33.1 Å². The molecule has 0 amide bonds. The van der Waals surface area contributed by atoms with Gasteiger partial charge in [-0.15, -0.1) is 0 Å². The molecule has 1 heterocycles. The maximum absolute atomic E-state index is 5.86. The van der Waals surface area contributed by atoms with E-state index in [2.05, 4.69) is 34.6 Å². The summed E-state index contributed by atoms with van der Waals surface area (Å²) in [5.41, 5.74) is 0.0615. The molecule has 0 bridgehead atoms. The smallest absolute Gasteiger partial charge is 0.186 e. The number of unbranched alkanes of at least 4 members (excludes halogenated alkanes) is 2. The fourth-order valence-corrected chi connectivity index (χ4v) is 2.37. The van der Waals surface area contributed by atoms with Crippen molar-refractivity contribution in [3.63, 3.8) is 0 Å². The van der Waals surface area contributed by atoms with E-state index in [4.69, 9.17) is 9.73 Å². The number of hydrogen-bond acceptors (Lipinski definition) is 2. The molecule has 1 aliphatic heterocycles. The first kappa shape index (κ1) is 13.5. The SMILES string of the molecule is CCCCC[C@@H](C)C1=NC(C)(C)C[C@H](C)O1. The highest BCUT2D eigenvalue weighted by Gasteiger charge is 2.29. The van der Waals surface area contributed by atoms with Crippen LogP contribution in [0.25, 0.3) is 0 Å². The van der Waals surface area contributed by atoms with Gasteiger partial charge in [-0.05, 0) is 27.2 Å². The van der Waals surface area contributed by atoms with Crippen LogP contribution in [-0.2, 0) is 4.74 Å². The Bertz CT molecular complexity index is 245. The summed E-state index contributed by atoms with van der Waals surface area (Å²) >= 11 is 0. The fraction of sp³-hybridized carbons (Fsp3) is 0.929. The van der Waals surface area contributed by atoms with Gasteiger partial charge in [0.05, 0.1) is 11.6 Å². The van der Waals surface area contributed by atoms with Gasteiger partial charge in [-0.2, -0.15) is 0 Å². The van der Waals surface area contributed by atoms with Crippen LogP contribution < -0.4 is 0 Å². The molecule has 0 aromatic heterocycles. The molecule has 1 aliphatic rings. The predicted octanol–water partition coefficient (Wildman–Crippen LogP) is 4.19. The van der Waals surface area contributed by atoms with Gasteiger partial charge < -0.3 is 4.74 Å². The molecule has 0 fully saturated rings. The van der Waals surface area contributed by atoms with Crippen molar-refractivity contribution in [2.45, 2.75) is 78.4 Å². The highest BCUT2D eigenvalue weighted by atomic mass is 16.5. The van der Waals surface area contributed by atoms with Crippen molar-refractivity contribution in [1.82, 2.24) is 0 Å². The minimum Gasteiger partial charge on any atom is -0.478 e. The molecule has 0 N–H and O–H groups in total. The summed E-state index contributed by atoms with van der Waals surface area (Å²) in [7, 11) is 0. The molecule has 0 spiro atoms. The van der Waals surface area contributed by atoms with Crippen molar-refractivity contribution in [2.75, 3.05) is 0 Å². The summed E-state index contributed by atoms with van der Waals surface area (Å²) < 4.78 is 5.86. The first-order valence-electron chi connectivity index (χ1n) is 6.71. The predicted molar refractivity (Wildman–Crippen MR) is 70.0 cm³/mol. The molecule has 0 saturated heterocycles. The molecule has 2 nitrogen and oxygen atoms in total. The Morgan fingerprint density at radius 3 is 2.69 bits per heavy atom. The van der Waals surface area contributed by atoms with E-state index >= 15 is 0 Å². The van der Waals surface area contributed by atoms with Crippen molar-refractivity contribution >= 4 is 5.90 Å². The van der Waals surface area contributed by atoms with Crippen molar-refractivity contribution in [2.24, 2.45) is 10.9 Å². The quantitative estimate of drug-likeness (QED) is 0.643. The zero-order valence-electron chi connectivity index (χ0n) is 11.5. The van der Waals surface area contributed by atoms with E-state index < -0.39 is 0 Å². The molecular weight excluding hydrogens is 198 g/mol. The van der Waals surface area contributed by atoms with Crippen molar-refractivity contribution in [3.05, 3.63) is 0 Å². The summed E-state index contributed by atoms with van der Waals surface area (Å²) in [4.78, 5) is 4.74. The van der Waals surface area contributed by atoms with Crippen molar-refractivity contribution in [1.29, 1.82) is 0 Å². The molecule has 2 atom stereocenters. The summed E-state index contributed by atoms with van der Waals surface area (Å²) in [6.45, 7) is 11.0. The fourth-order valence-electron chi connectivity index (χ4n) is 2.37. The highest BCUT2D eigenvalue weighted by Crippen LogP contribution is 2.27. The van der Waals surface area contributed by atoms with Gasteiger partial charge in [-0.25, -0.2) is 4.99 Å². The van der Waals surface area contributed by atoms with Crippen LogP contribution in [0.4, 0.5) is 0 Å². The third-order valence-electron chi connectivity index (χ3n) is 3.18. The van der Waals surface area contributed by atoms with E-state index in [1.54, 1.807) is 0 Å². The Morgan fingerprint density at radius 1 is 1.44 bits per heavy atom. The lowest BCUT2D eigenvalue weighted by molar-refractivity contribution is 0.131. The average molecular weight is 225 g/mol. The molecule has 2 heteroatoms. The molecule has 94 valence electrons. The molecule has 16 heavy (non-hydrogen) atoms. The molecule has 0 aliphatic carbocycles. The Balaban J connectivity index is 2.54. The van der Waals surface area contributed by atoms with E-state index in [1.165, 1.54) is 25.7 Å². The van der Waals surface area contributed by atoms with Crippen LogP contribution in [0.5, 0.6) is 0 Å². The minimum atomic E-state index is 0.0615. The second-order valence-corrected chi connectivity index (χ2v) is 5.79. The first-order valence-corrected chi connectivity index (χ1v) is 6.71. The molecular formula is C14H27NO. The van der Waals surface area contributed by atoms with Gasteiger partial charge in [0.15, 0.2) is 5.90 Å². The largest absolute Gasteiger partial charge is 0.478 e. The second-order valence-electron chi connectivity index (χ2n) is 5.79. The number of nitrogens with zero attached hydrogens (tertiary/aromatic N) is 1. The van der Waals surface area contributed by atoms with E-state index in [0.29, 0.717) is 12.0 Å². The van der Waals surface area contributed by atoms with E-state index in [-0.39, 0.29) is 5.54 Å². The van der Waals surface area contributed by atoms with Crippen LogP contribution in [0.3, 0.4) is 0 Å². The van der Waals surface area contributed by atoms with Crippen LogP contribution in [0, 0.1) is 5.92 Å². The monoisotopic (exact) mass is 225 g/mol. The topological polar surface area (TPSA) is 21.6 Å². The molecule has 0 aromatic rings. The van der Waals surface area contributed by atoms with Crippen molar-refractivity contribution in [3.8, 4) is 0 Å². The van der Waals surface area contributed by atoms with Gasteiger partial charge in [0.2, 0.25) is 0 Å². The molecule has 0 unspecified atom stereocenters. The van der Waals surface area contributed by atoms with Gasteiger partial charge >= 0.3 is 0 Å². The lowest BCUT2D eigenvalue weighted by atomic mass is 9.94. The third kappa shape index (κ3) is 4.15. The van der Waals surface area contributed by atoms with Crippen LogP contribution in [0.1, 0.15) is 66.7 Å². The molecule has 1 rings (SSSR count). The summed E-state index contributed by atoms with van der Waals surface area (Å²) in [6.07, 6.45) is 6.43. The van der Waals surface area contributed by atoms with Crippen molar-refractivity contribution < 1.29 is 4.74 Å². The third-order valence-corrected chi connectivity index (χ3v) is 3.18. The maximum Gasteiger partial charge on any atom is 0.186 e. The number of rotatable bonds is 5. The Labute approximate surface area is 100 Å². The molecule has 0 aromatic carbocycles. The van der Waals surface area contributed by atoms with Gasteiger partial charge in [0.1, 0.15) is 0 Å². The van der Waals surface area contributed by atoms with E-state index in [9.17, 15) is 0 Å². The zero-order chi connectivity index (χ0) is 12.2. The highest BCUT2D eigenvalue weighted by molar-refractivity contribution is 5.79. The van der Waals surface area contributed by atoms with E-state index in [0.717, 1.165) is 12.3 Å². The number of ether oxygens (including phenoxy) is 1. The lowest BCUT2D eigenvalue weighted by Gasteiger charge is -2.33. The summed E-state index contributed by atoms with van der Waals surface area (Å²) in [5, 5.41) is 0. The standard InChI is InChI=1S/C14H27NO/c1-6-7-8-9-11(2)13-15-14(4,5)10-12(3)16-13/h11-12H,6-10H2,1-5H3/t11-,12+/m1/s1. The van der Waals surface area contributed by atoms with Crippen LogP contribution in [0.2, 0.25) is 0 Å². The first-order chi connectivity index (χ1) is 7.44. The van der Waals surface area contributed by atoms with Gasteiger partial charge in [-0.3, -0.25) is 0 Å². The van der Waals surface area contributed by atoms with Crippen LogP contribution >= 0.6 is 0 Å².